The fourth-order valence-electron chi connectivity index (χ4n) is 1.79. The van der Waals surface area contributed by atoms with Crippen molar-refractivity contribution in [3.63, 3.8) is 0 Å². The van der Waals surface area contributed by atoms with E-state index in [9.17, 15) is 9.18 Å². The fourth-order valence-corrected chi connectivity index (χ4v) is 1.79. The van der Waals surface area contributed by atoms with Crippen LogP contribution < -0.4 is 5.32 Å². The van der Waals surface area contributed by atoms with Crippen LogP contribution in [0.2, 0.25) is 0 Å². The van der Waals surface area contributed by atoms with E-state index < -0.39 is 5.97 Å². The summed E-state index contributed by atoms with van der Waals surface area (Å²) < 4.78 is 23.0. The number of methoxy groups -OCH3 is 1. The maximum absolute atomic E-state index is 13.2. The topological polar surface area (TPSA) is 47.6 Å². The molecular formula is C12H14FNO3. The van der Waals surface area contributed by atoms with Gasteiger partial charge in [-0.3, -0.25) is 0 Å². The number of anilines is 1. The molecule has 5 heteroatoms. The molecule has 1 aliphatic rings. The highest BCUT2D eigenvalue weighted by Crippen LogP contribution is 2.21. The minimum atomic E-state index is -0.480. The van der Waals surface area contributed by atoms with Gasteiger partial charge >= 0.3 is 5.97 Å². The Balaban J connectivity index is 2.22. The third-order valence-corrected chi connectivity index (χ3v) is 2.68. The second-order valence-corrected chi connectivity index (χ2v) is 3.89. The molecule has 0 aromatic heterocycles. The van der Waals surface area contributed by atoms with Crippen molar-refractivity contribution in [3.8, 4) is 0 Å². The summed E-state index contributed by atoms with van der Waals surface area (Å²) in [5.74, 6) is -0.870. The Morgan fingerprint density at radius 1 is 1.59 bits per heavy atom. The molecule has 0 radical (unpaired) electrons. The van der Waals surface area contributed by atoms with E-state index in [1.165, 1.54) is 25.3 Å². The summed E-state index contributed by atoms with van der Waals surface area (Å²) in [6, 6.07) is 4.06. The number of carbonyl (C=O) groups is 1. The zero-order chi connectivity index (χ0) is 12.3. The van der Waals surface area contributed by atoms with Crippen molar-refractivity contribution in [3.05, 3.63) is 29.6 Å². The van der Waals surface area contributed by atoms with Crippen LogP contribution in [0.15, 0.2) is 18.2 Å². The highest BCUT2D eigenvalue weighted by atomic mass is 19.1. The molecule has 1 aromatic rings. The Morgan fingerprint density at radius 3 is 3.06 bits per heavy atom. The van der Waals surface area contributed by atoms with Gasteiger partial charge in [0.2, 0.25) is 0 Å². The van der Waals surface area contributed by atoms with Crippen LogP contribution in [0.25, 0.3) is 0 Å². The summed E-state index contributed by atoms with van der Waals surface area (Å²) in [4.78, 5) is 11.5. The first-order chi connectivity index (χ1) is 8.20. The number of hydrogen-bond donors (Lipinski definition) is 1. The van der Waals surface area contributed by atoms with E-state index in [0.29, 0.717) is 24.5 Å². The Labute approximate surface area is 98.7 Å². The lowest BCUT2D eigenvalue weighted by Gasteiger charge is -2.15. The first-order valence-corrected chi connectivity index (χ1v) is 5.43. The van der Waals surface area contributed by atoms with Gasteiger partial charge in [0.05, 0.1) is 31.0 Å². The Hall–Kier alpha value is -1.62. The summed E-state index contributed by atoms with van der Waals surface area (Å²) in [5, 5.41) is 3.10. The van der Waals surface area contributed by atoms with Gasteiger partial charge in [0.1, 0.15) is 5.82 Å². The molecule has 1 saturated heterocycles. The molecule has 0 saturated carbocycles. The summed E-state index contributed by atoms with van der Waals surface area (Å²) in [6.07, 6.45) is 0.844. The predicted octanol–water partition coefficient (Wildman–Crippen LogP) is 1.81. The number of carbonyl (C=O) groups excluding carboxylic acids is 1. The van der Waals surface area contributed by atoms with Crippen molar-refractivity contribution in [1.29, 1.82) is 0 Å². The first kappa shape index (κ1) is 11.9. The Morgan fingerprint density at radius 2 is 2.41 bits per heavy atom. The molecule has 92 valence electrons. The van der Waals surface area contributed by atoms with Crippen molar-refractivity contribution in [2.75, 3.05) is 25.6 Å². The number of hydrogen-bond acceptors (Lipinski definition) is 4. The number of halogens is 1. The molecule has 1 atom stereocenters. The summed E-state index contributed by atoms with van der Waals surface area (Å²) in [6.45, 7) is 1.25. The molecule has 1 fully saturated rings. The zero-order valence-electron chi connectivity index (χ0n) is 9.53. The molecule has 4 nitrogen and oxygen atoms in total. The van der Waals surface area contributed by atoms with Crippen molar-refractivity contribution < 1.29 is 18.7 Å². The van der Waals surface area contributed by atoms with Gasteiger partial charge in [-0.05, 0) is 24.6 Å². The lowest BCUT2D eigenvalue weighted by atomic mass is 10.1. The van der Waals surface area contributed by atoms with Crippen LogP contribution in [0.4, 0.5) is 10.1 Å². The third-order valence-electron chi connectivity index (χ3n) is 2.68. The van der Waals surface area contributed by atoms with Crippen LogP contribution in [0.1, 0.15) is 16.8 Å². The maximum atomic E-state index is 13.2. The molecule has 17 heavy (non-hydrogen) atoms. The zero-order valence-corrected chi connectivity index (χ0v) is 9.53. The number of nitrogens with one attached hydrogen (secondary N) is 1. The van der Waals surface area contributed by atoms with Gasteiger partial charge in [0.25, 0.3) is 0 Å². The van der Waals surface area contributed by atoms with Gasteiger partial charge in [0.15, 0.2) is 0 Å². The SMILES string of the molecule is COC(=O)c1ccc(F)cc1NC1CCOC1. The minimum Gasteiger partial charge on any atom is -0.465 e. The van der Waals surface area contributed by atoms with Gasteiger partial charge in [0, 0.05) is 6.61 Å². The summed E-state index contributed by atoms with van der Waals surface area (Å²) in [5.41, 5.74) is 0.785. The lowest BCUT2D eigenvalue weighted by Crippen LogP contribution is -2.21. The van der Waals surface area contributed by atoms with Gasteiger partial charge in [-0.2, -0.15) is 0 Å². The van der Waals surface area contributed by atoms with Gasteiger partial charge in [-0.25, -0.2) is 9.18 Å². The molecule has 0 aliphatic carbocycles. The molecule has 2 rings (SSSR count). The standard InChI is InChI=1S/C12H14FNO3/c1-16-12(15)10-3-2-8(13)6-11(10)14-9-4-5-17-7-9/h2-3,6,9,14H,4-5,7H2,1H3. The van der Waals surface area contributed by atoms with Crippen LogP contribution in [-0.2, 0) is 9.47 Å². The summed E-state index contributed by atoms with van der Waals surface area (Å²) >= 11 is 0. The van der Waals surface area contributed by atoms with E-state index in [1.54, 1.807) is 0 Å². The van der Waals surface area contributed by atoms with Crippen molar-refractivity contribution in [2.24, 2.45) is 0 Å². The molecule has 0 spiro atoms. The second kappa shape index (κ2) is 5.14. The van der Waals surface area contributed by atoms with E-state index in [4.69, 9.17) is 4.74 Å². The third kappa shape index (κ3) is 2.74. The van der Waals surface area contributed by atoms with E-state index in [0.717, 1.165) is 6.42 Å². The van der Waals surface area contributed by atoms with Gasteiger partial charge < -0.3 is 14.8 Å². The smallest absolute Gasteiger partial charge is 0.339 e. The minimum absolute atomic E-state index is 0.111. The Bertz CT molecular complexity index is 416. The lowest BCUT2D eigenvalue weighted by molar-refractivity contribution is 0.0601. The summed E-state index contributed by atoms with van der Waals surface area (Å²) in [7, 11) is 1.30. The molecule has 0 bridgehead atoms. The average molecular weight is 239 g/mol. The predicted molar refractivity (Wildman–Crippen MR) is 60.6 cm³/mol. The van der Waals surface area contributed by atoms with E-state index in [-0.39, 0.29) is 11.9 Å². The highest BCUT2D eigenvalue weighted by Gasteiger charge is 2.19. The second-order valence-electron chi connectivity index (χ2n) is 3.89. The molecule has 1 unspecified atom stereocenters. The molecule has 1 aromatic carbocycles. The Kier molecular flexibility index (Phi) is 3.58. The number of rotatable bonds is 3. The highest BCUT2D eigenvalue weighted by molar-refractivity contribution is 5.95. The fraction of sp³-hybridized carbons (Fsp3) is 0.417. The average Bonchev–Trinajstić information content (AvgIpc) is 2.81. The van der Waals surface area contributed by atoms with E-state index >= 15 is 0 Å². The van der Waals surface area contributed by atoms with Crippen molar-refractivity contribution in [2.45, 2.75) is 12.5 Å². The van der Waals surface area contributed by atoms with Gasteiger partial charge in [-0.15, -0.1) is 0 Å². The molecular weight excluding hydrogens is 225 g/mol. The van der Waals surface area contributed by atoms with Crippen LogP contribution in [0.3, 0.4) is 0 Å². The van der Waals surface area contributed by atoms with E-state index in [1.807, 2.05) is 0 Å². The van der Waals surface area contributed by atoms with Crippen LogP contribution >= 0.6 is 0 Å². The maximum Gasteiger partial charge on any atom is 0.339 e. The monoisotopic (exact) mass is 239 g/mol. The molecule has 1 N–H and O–H groups in total. The van der Waals surface area contributed by atoms with Crippen LogP contribution in [0.5, 0.6) is 0 Å². The molecule has 1 heterocycles. The number of ether oxygens (including phenoxy) is 2. The largest absolute Gasteiger partial charge is 0.465 e. The van der Waals surface area contributed by atoms with E-state index in [2.05, 4.69) is 10.1 Å². The molecule has 0 amide bonds. The van der Waals surface area contributed by atoms with Crippen molar-refractivity contribution >= 4 is 11.7 Å². The van der Waals surface area contributed by atoms with Crippen LogP contribution in [0, 0.1) is 5.82 Å². The number of benzene rings is 1. The normalized spacial score (nSPS) is 19.1. The quantitative estimate of drug-likeness (QED) is 0.817. The van der Waals surface area contributed by atoms with Crippen LogP contribution in [-0.4, -0.2) is 32.3 Å². The van der Waals surface area contributed by atoms with Gasteiger partial charge in [-0.1, -0.05) is 0 Å². The number of esters is 1. The van der Waals surface area contributed by atoms with Crippen molar-refractivity contribution in [1.82, 2.24) is 0 Å². The first-order valence-electron chi connectivity index (χ1n) is 5.43. The molecule has 1 aliphatic heterocycles.